The Morgan fingerprint density at radius 3 is 1.00 bits per heavy atom. The zero-order chi connectivity index (χ0) is 63.2. The van der Waals surface area contributed by atoms with Crippen LogP contribution in [0.3, 0.4) is 0 Å². The monoisotopic (exact) mass is 1400 g/mol. The highest BCUT2D eigenvalue weighted by atomic mass is 35.5. The number of amides is 2. The number of allylic oxidation sites excluding steroid dienone is 8. The highest BCUT2D eigenvalue weighted by Gasteiger charge is 2.37. The van der Waals surface area contributed by atoms with Crippen molar-refractivity contribution in [3.8, 4) is 23.1 Å². The van der Waals surface area contributed by atoms with Gasteiger partial charge in [0.15, 0.2) is 23.0 Å². The SMILES string of the molecule is CCOC(=O)c1nn(-c2c(Cl)cc(Cl)cc2Cl)c([O-])c1/C=C/C=C/C=C1\C(=O)N(c2c(Cl)cc(Cl)cc2Cl)N=C1C(C)=O.CCOC(=O)c1nn(-c2c(Cl)cc(Cl)cc2Cl)c([O-])c1/C=C/C=C/C=C1\C(=O)N(c2c(Cl)cc(Cl)cc2Cl)N=C1C(C)=O. The van der Waals surface area contributed by atoms with Crippen molar-refractivity contribution >= 4 is 209 Å². The minimum atomic E-state index is -0.844. The van der Waals surface area contributed by atoms with E-state index in [4.69, 9.17) is 149 Å². The van der Waals surface area contributed by atoms with Crippen molar-refractivity contribution in [1.82, 2.24) is 19.6 Å². The normalized spacial score (nSPS) is 14.4. The minimum absolute atomic E-state index is 0.0317. The maximum atomic E-state index is 13.3. The first-order valence-corrected chi connectivity index (χ1v) is 28.8. The Balaban J connectivity index is 0.000000246. The molecule has 4 aromatic carbocycles. The van der Waals surface area contributed by atoms with Crippen molar-refractivity contribution in [1.29, 1.82) is 0 Å². The van der Waals surface area contributed by atoms with Gasteiger partial charge in [-0.25, -0.2) is 19.0 Å². The van der Waals surface area contributed by atoms with Gasteiger partial charge in [-0.3, -0.25) is 19.2 Å². The molecule has 0 bridgehead atoms. The predicted molar refractivity (Wildman–Crippen MR) is 335 cm³/mol. The molecule has 2 aliphatic rings. The van der Waals surface area contributed by atoms with Crippen LogP contribution in [-0.4, -0.2) is 79.5 Å². The predicted octanol–water partition coefficient (Wildman–Crippen LogP) is 15.1. The molecule has 0 saturated heterocycles. The molecule has 0 atom stereocenters. The number of carbonyl (C=O) groups is 6. The molecule has 2 amide bonds. The second-order valence-corrected chi connectivity index (χ2v) is 22.2. The quantitative estimate of drug-likeness (QED) is 0.0500. The molecular weight excluding hydrogens is 1370 g/mol. The fraction of sp³-hybridized carbons (Fsp3) is 0.107. The molecule has 0 saturated carbocycles. The molecule has 8 rings (SSSR count). The molecule has 2 aliphatic heterocycles. The molecular formula is C56H34Cl12N8O10-2. The largest absolute Gasteiger partial charge is 0.858 e. The van der Waals surface area contributed by atoms with Gasteiger partial charge in [-0.15, -0.1) is 0 Å². The molecule has 0 spiro atoms. The van der Waals surface area contributed by atoms with Gasteiger partial charge in [-0.05, 0) is 86.3 Å². The first-order chi connectivity index (χ1) is 40.7. The molecule has 6 aromatic rings. The van der Waals surface area contributed by atoms with Crippen LogP contribution >= 0.6 is 139 Å². The average molecular weight is 1400 g/mol. The van der Waals surface area contributed by atoms with Gasteiger partial charge in [0.1, 0.15) is 34.2 Å². The fourth-order valence-corrected chi connectivity index (χ4v) is 11.7. The fourth-order valence-electron chi connectivity index (χ4n) is 7.77. The molecule has 30 heteroatoms. The van der Waals surface area contributed by atoms with E-state index in [-0.39, 0.29) is 141 Å². The van der Waals surface area contributed by atoms with E-state index in [0.717, 1.165) is 19.4 Å². The van der Waals surface area contributed by atoms with Crippen molar-refractivity contribution in [2.45, 2.75) is 27.7 Å². The number of Topliss-reactive ketones (excluding diaryl/α,β-unsaturated/α-hetero) is 2. The molecule has 4 heterocycles. The number of anilines is 2. The number of hydrogen-bond donors (Lipinski definition) is 0. The summed E-state index contributed by atoms with van der Waals surface area (Å²) >= 11 is 73.9. The van der Waals surface area contributed by atoms with Gasteiger partial charge in [0, 0.05) is 45.1 Å². The molecule has 0 N–H and O–H groups in total. The molecule has 444 valence electrons. The van der Waals surface area contributed by atoms with Gasteiger partial charge in [-0.2, -0.15) is 30.4 Å². The van der Waals surface area contributed by atoms with Crippen molar-refractivity contribution in [2.24, 2.45) is 10.2 Å². The zero-order valence-electron chi connectivity index (χ0n) is 44.0. The van der Waals surface area contributed by atoms with Gasteiger partial charge in [0.2, 0.25) is 0 Å². The second kappa shape index (κ2) is 28.9. The number of benzene rings is 4. The van der Waals surface area contributed by atoms with Crippen molar-refractivity contribution in [3.63, 3.8) is 0 Å². The summed E-state index contributed by atoms with van der Waals surface area (Å²) in [4.78, 5) is 76.1. The topological polar surface area (TPSA) is 234 Å². The van der Waals surface area contributed by atoms with E-state index in [1.807, 2.05) is 0 Å². The molecule has 86 heavy (non-hydrogen) atoms. The minimum Gasteiger partial charge on any atom is -0.858 e. The Kier molecular flexibility index (Phi) is 22.5. The number of aromatic nitrogens is 4. The van der Waals surface area contributed by atoms with Crippen LogP contribution in [0.2, 0.25) is 60.3 Å². The highest BCUT2D eigenvalue weighted by Crippen LogP contribution is 2.42. The van der Waals surface area contributed by atoms with E-state index in [1.54, 1.807) is 13.8 Å². The summed E-state index contributed by atoms with van der Waals surface area (Å²) in [5.41, 5.74) is -0.886. The number of esters is 2. The number of carbonyl (C=O) groups excluding carboxylic acids is 6. The highest BCUT2D eigenvalue weighted by molar-refractivity contribution is 6.56. The first kappa shape index (κ1) is 66.9. The maximum absolute atomic E-state index is 13.3. The van der Waals surface area contributed by atoms with Crippen LogP contribution < -0.4 is 20.2 Å². The smallest absolute Gasteiger partial charge is 0.359 e. The van der Waals surface area contributed by atoms with Crippen LogP contribution in [-0.2, 0) is 28.7 Å². The summed E-state index contributed by atoms with van der Waals surface area (Å²) in [6.45, 7) is 5.78. The number of hydrazone groups is 2. The van der Waals surface area contributed by atoms with E-state index >= 15 is 0 Å². The summed E-state index contributed by atoms with van der Waals surface area (Å²) in [5.74, 6) is -5.37. The summed E-state index contributed by atoms with van der Waals surface area (Å²) in [6.07, 6.45) is 14.0. The summed E-state index contributed by atoms with van der Waals surface area (Å²) in [6, 6.07) is 11.1. The lowest BCUT2D eigenvalue weighted by molar-refractivity contribution is -0.278. The third kappa shape index (κ3) is 14.7. The van der Waals surface area contributed by atoms with Crippen LogP contribution in [0.5, 0.6) is 11.8 Å². The Hall–Kier alpha value is -6.62. The average Bonchev–Trinajstić information content (AvgIpc) is 2.67. The molecule has 0 unspecified atom stereocenters. The lowest BCUT2D eigenvalue weighted by Gasteiger charge is -2.15. The van der Waals surface area contributed by atoms with Gasteiger partial charge in [-0.1, -0.05) is 188 Å². The Labute approximate surface area is 548 Å². The first-order valence-electron chi connectivity index (χ1n) is 24.2. The van der Waals surface area contributed by atoms with Crippen LogP contribution in [0.15, 0.2) is 118 Å². The standard InChI is InChI=1S/2C28H18Cl6N4O5/c2*1-3-43-28(42)23-17(27(41)38(36-23)25-20(33)11-15(30)12-21(25)34)8-6-4-5-7-16-22(13(2)39)35-37(26(16)40)24-18(31)9-14(29)10-19(24)32/h2*4-12,41H,3H2,1-2H3/p-2/b2*5-4+,8-6+,16-7-. The second-order valence-electron chi connectivity index (χ2n) is 17.2. The number of ketones is 2. The van der Waals surface area contributed by atoms with Gasteiger partial charge >= 0.3 is 11.9 Å². The van der Waals surface area contributed by atoms with E-state index in [1.165, 1.54) is 123 Å². The summed E-state index contributed by atoms with van der Waals surface area (Å²) in [5, 5.41) is 46.2. The lowest BCUT2D eigenvalue weighted by Crippen LogP contribution is -2.22. The van der Waals surface area contributed by atoms with E-state index in [9.17, 15) is 39.0 Å². The zero-order valence-corrected chi connectivity index (χ0v) is 53.1. The Morgan fingerprint density at radius 2 is 0.733 bits per heavy atom. The number of ether oxygens (including phenoxy) is 2. The Morgan fingerprint density at radius 1 is 0.453 bits per heavy atom. The van der Waals surface area contributed by atoms with E-state index in [0.29, 0.717) is 0 Å². The molecule has 2 aromatic heterocycles. The summed E-state index contributed by atoms with van der Waals surface area (Å²) in [7, 11) is 0. The van der Waals surface area contributed by atoms with Crippen molar-refractivity contribution in [2.75, 3.05) is 23.2 Å². The molecule has 0 fully saturated rings. The number of hydrogen-bond acceptors (Lipinski definition) is 14. The van der Waals surface area contributed by atoms with Gasteiger partial charge < -0.3 is 19.7 Å². The van der Waals surface area contributed by atoms with Crippen molar-refractivity contribution in [3.05, 3.63) is 191 Å². The van der Waals surface area contributed by atoms with E-state index in [2.05, 4.69) is 20.4 Å². The molecule has 18 nitrogen and oxygen atoms in total. The number of halogens is 12. The van der Waals surface area contributed by atoms with Crippen LogP contribution in [0.25, 0.3) is 23.5 Å². The van der Waals surface area contributed by atoms with Crippen LogP contribution in [0.1, 0.15) is 59.8 Å². The summed E-state index contributed by atoms with van der Waals surface area (Å²) < 4.78 is 11.9. The molecule has 0 aliphatic carbocycles. The van der Waals surface area contributed by atoms with Crippen LogP contribution in [0.4, 0.5) is 11.4 Å². The van der Waals surface area contributed by atoms with Gasteiger partial charge in [0.05, 0.1) is 64.5 Å². The maximum Gasteiger partial charge on any atom is 0.359 e. The third-order valence-corrected chi connectivity index (χ3v) is 14.6. The van der Waals surface area contributed by atoms with E-state index < -0.39 is 47.1 Å². The third-order valence-electron chi connectivity index (χ3n) is 11.4. The lowest BCUT2D eigenvalue weighted by atomic mass is 10.1. The van der Waals surface area contributed by atoms with Crippen molar-refractivity contribution < 1.29 is 48.5 Å². The van der Waals surface area contributed by atoms with Crippen LogP contribution in [0, 0.1) is 0 Å². The number of rotatable bonds is 16. The molecule has 0 radical (unpaired) electrons. The van der Waals surface area contributed by atoms with Gasteiger partial charge in [0.25, 0.3) is 11.8 Å². The Bertz CT molecular complexity index is 3750. The number of nitrogens with zero attached hydrogens (tertiary/aromatic N) is 8.